The van der Waals surface area contributed by atoms with Crippen LogP contribution in [0.2, 0.25) is 0 Å². The zero-order chi connectivity index (χ0) is 18.5. The number of nitrogens with zero attached hydrogens (tertiary/aromatic N) is 1. The van der Waals surface area contributed by atoms with Gasteiger partial charge in [0.05, 0.1) is 7.11 Å². The summed E-state index contributed by atoms with van der Waals surface area (Å²) in [7, 11) is 1.62. The fourth-order valence-electron chi connectivity index (χ4n) is 3.16. The van der Waals surface area contributed by atoms with Crippen molar-refractivity contribution in [2.24, 2.45) is 0 Å². The second-order valence-corrected chi connectivity index (χ2v) is 6.43. The highest BCUT2D eigenvalue weighted by Crippen LogP contribution is 2.22. The minimum absolute atomic E-state index is 0.00171. The fraction of sp³-hybridized carbons (Fsp3) is 0.500. The lowest BCUT2D eigenvalue weighted by Gasteiger charge is -2.32. The van der Waals surface area contributed by atoms with E-state index in [-0.39, 0.29) is 24.3 Å². The standard InChI is InChI=1S/C18H23N3O5/c1-25-12-2-4-13(5-3-12)26-14-8-10-21(11-9-14)16(22)7-6-15-17(23)20-18(24)19-15/h2-5,14-15H,6-11H2,1H3,(H2,19,20,23,24). The summed E-state index contributed by atoms with van der Waals surface area (Å²) in [5, 5.41) is 4.67. The smallest absolute Gasteiger partial charge is 0.322 e. The summed E-state index contributed by atoms with van der Waals surface area (Å²) in [4.78, 5) is 36.7. The molecule has 26 heavy (non-hydrogen) atoms. The number of urea groups is 1. The maximum absolute atomic E-state index is 12.3. The Bertz CT molecular complexity index is 668. The Hall–Kier alpha value is -2.77. The van der Waals surface area contributed by atoms with E-state index in [4.69, 9.17) is 9.47 Å². The largest absolute Gasteiger partial charge is 0.497 e. The van der Waals surface area contributed by atoms with Crippen molar-refractivity contribution in [3.8, 4) is 11.5 Å². The maximum Gasteiger partial charge on any atom is 0.322 e. The lowest BCUT2D eigenvalue weighted by Crippen LogP contribution is -2.42. The number of rotatable bonds is 6. The molecule has 1 atom stereocenters. The SMILES string of the molecule is COc1ccc(OC2CCN(C(=O)CCC3NC(=O)NC3=O)CC2)cc1. The Balaban J connectivity index is 1.40. The van der Waals surface area contributed by atoms with Crippen LogP contribution < -0.4 is 20.1 Å². The summed E-state index contributed by atoms with van der Waals surface area (Å²) in [5.74, 6) is 1.21. The van der Waals surface area contributed by atoms with Crippen LogP contribution in [0.4, 0.5) is 4.79 Å². The lowest BCUT2D eigenvalue weighted by atomic mass is 10.1. The van der Waals surface area contributed by atoms with Gasteiger partial charge in [-0.3, -0.25) is 14.9 Å². The average Bonchev–Trinajstić information content (AvgIpc) is 2.98. The van der Waals surface area contributed by atoms with Gasteiger partial charge in [0.1, 0.15) is 23.6 Å². The topological polar surface area (TPSA) is 97.0 Å². The van der Waals surface area contributed by atoms with Crippen molar-refractivity contribution in [1.82, 2.24) is 15.5 Å². The van der Waals surface area contributed by atoms with Crippen molar-refractivity contribution in [2.75, 3.05) is 20.2 Å². The highest BCUT2D eigenvalue weighted by Gasteiger charge is 2.31. The molecule has 4 amide bonds. The van der Waals surface area contributed by atoms with Crippen LogP contribution >= 0.6 is 0 Å². The van der Waals surface area contributed by atoms with Crippen LogP contribution in [0.1, 0.15) is 25.7 Å². The van der Waals surface area contributed by atoms with E-state index in [0.717, 1.165) is 24.3 Å². The van der Waals surface area contributed by atoms with Crippen molar-refractivity contribution < 1.29 is 23.9 Å². The van der Waals surface area contributed by atoms with Crippen LogP contribution in [0.25, 0.3) is 0 Å². The summed E-state index contributed by atoms with van der Waals surface area (Å²) in [6.07, 6.45) is 2.16. The van der Waals surface area contributed by atoms with Crippen LogP contribution in [-0.2, 0) is 9.59 Å². The van der Waals surface area contributed by atoms with Crippen molar-refractivity contribution in [1.29, 1.82) is 0 Å². The molecule has 0 aliphatic carbocycles. The quantitative estimate of drug-likeness (QED) is 0.739. The molecule has 0 spiro atoms. The van der Waals surface area contributed by atoms with Crippen molar-refractivity contribution in [2.45, 2.75) is 37.8 Å². The van der Waals surface area contributed by atoms with E-state index in [9.17, 15) is 14.4 Å². The van der Waals surface area contributed by atoms with Gasteiger partial charge in [0.25, 0.3) is 5.91 Å². The third kappa shape index (κ3) is 4.44. The Labute approximate surface area is 151 Å². The minimum atomic E-state index is -0.609. The molecule has 2 heterocycles. The summed E-state index contributed by atoms with van der Waals surface area (Å²) >= 11 is 0. The van der Waals surface area contributed by atoms with E-state index in [2.05, 4.69) is 10.6 Å². The van der Waals surface area contributed by atoms with E-state index < -0.39 is 12.1 Å². The van der Waals surface area contributed by atoms with Crippen molar-refractivity contribution in [3.63, 3.8) is 0 Å². The van der Waals surface area contributed by atoms with Crippen molar-refractivity contribution >= 4 is 17.8 Å². The molecule has 0 aromatic heterocycles. The summed E-state index contributed by atoms with van der Waals surface area (Å²) in [6, 6.07) is 6.35. The number of likely N-dealkylation sites (tertiary alicyclic amines) is 1. The highest BCUT2D eigenvalue weighted by atomic mass is 16.5. The molecule has 8 heteroatoms. The first-order chi connectivity index (χ1) is 12.5. The number of benzene rings is 1. The molecule has 2 N–H and O–H groups in total. The molecular formula is C18H23N3O5. The van der Waals surface area contributed by atoms with E-state index >= 15 is 0 Å². The zero-order valence-corrected chi connectivity index (χ0v) is 14.7. The van der Waals surface area contributed by atoms with Gasteiger partial charge in [-0.15, -0.1) is 0 Å². The summed E-state index contributed by atoms with van der Waals surface area (Å²) in [5.41, 5.74) is 0. The number of hydrogen-bond donors (Lipinski definition) is 2. The van der Waals surface area contributed by atoms with E-state index in [1.165, 1.54) is 0 Å². The van der Waals surface area contributed by atoms with Gasteiger partial charge < -0.3 is 19.7 Å². The Kier molecular flexibility index (Phi) is 5.60. The zero-order valence-electron chi connectivity index (χ0n) is 14.7. The molecule has 8 nitrogen and oxygen atoms in total. The number of hydrogen-bond acceptors (Lipinski definition) is 5. The monoisotopic (exact) mass is 361 g/mol. The first kappa shape index (κ1) is 18.0. The number of imide groups is 1. The van der Waals surface area contributed by atoms with Gasteiger partial charge in [0, 0.05) is 32.4 Å². The molecule has 1 aromatic carbocycles. The van der Waals surface area contributed by atoms with Gasteiger partial charge in [-0.2, -0.15) is 0 Å². The second kappa shape index (κ2) is 8.07. The third-order valence-corrected chi connectivity index (χ3v) is 4.66. The van der Waals surface area contributed by atoms with Crippen LogP contribution in [0.15, 0.2) is 24.3 Å². The van der Waals surface area contributed by atoms with Gasteiger partial charge in [0.2, 0.25) is 5.91 Å². The Morgan fingerprint density at radius 1 is 1.15 bits per heavy atom. The molecule has 2 fully saturated rings. The third-order valence-electron chi connectivity index (χ3n) is 4.66. The molecule has 3 rings (SSSR count). The number of carbonyl (C=O) groups is 3. The molecule has 2 aliphatic heterocycles. The molecule has 2 saturated heterocycles. The maximum atomic E-state index is 12.3. The van der Waals surface area contributed by atoms with Crippen LogP contribution in [0, 0.1) is 0 Å². The van der Waals surface area contributed by atoms with Gasteiger partial charge in [0.15, 0.2) is 0 Å². The average molecular weight is 361 g/mol. The highest BCUT2D eigenvalue weighted by molar-refractivity contribution is 6.04. The Morgan fingerprint density at radius 3 is 2.38 bits per heavy atom. The van der Waals surface area contributed by atoms with Crippen LogP contribution in [0.5, 0.6) is 11.5 Å². The predicted molar refractivity (Wildman–Crippen MR) is 92.9 cm³/mol. The van der Waals surface area contributed by atoms with E-state index in [0.29, 0.717) is 19.5 Å². The van der Waals surface area contributed by atoms with Gasteiger partial charge in [-0.05, 0) is 30.7 Å². The summed E-state index contributed by atoms with van der Waals surface area (Å²) < 4.78 is 11.1. The summed E-state index contributed by atoms with van der Waals surface area (Å²) in [6.45, 7) is 1.26. The first-order valence-electron chi connectivity index (χ1n) is 8.75. The second-order valence-electron chi connectivity index (χ2n) is 6.43. The van der Waals surface area contributed by atoms with Crippen LogP contribution in [-0.4, -0.2) is 55.1 Å². The molecule has 0 radical (unpaired) electrons. The number of ether oxygens (including phenoxy) is 2. The predicted octanol–water partition coefficient (Wildman–Crippen LogP) is 1.05. The van der Waals surface area contributed by atoms with Gasteiger partial charge >= 0.3 is 6.03 Å². The molecule has 2 aliphatic rings. The minimum Gasteiger partial charge on any atom is -0.497 e. The molecule has 1 unspecified atom stereocenters. The first-order valence-corrected chi connectivity index (χ1v) is 8.75. The fourth-order valence-corrected chi connectivity index (χ4v) is 3.16. The number of carbonyl (C=O) groups excluding carboxylic acids is 3. The number of nitrogens with one attached hydrogen (secondary N) is 2. The molecule has 0 saturated carbocycles. The number of methoxy groups -OCH3 is 1. The van der Waals surface area contributed by atoms with Gasteiger partial charge in [-0.1, -0.05) is 0 Å². The molecule has 0 bridgehead atoms. The van der Waals surface area contributed by atoms with Gasteiger partial charge in [-0.25, -0.2) is 4.79 Å². The molecule has 140 valence electrons. The normalized spacial score (nSPS) is 20.5. The van der Waals surface area contributed by atoms with E-state index in [1.807, 2.05) is 24.3 Å². The van der Waals surface area contributed by atoms with Crippen molar-refractivity contribution in [3.05, 3.63) is 24.3 Å². The molecule has 1 aromatic rings. The van der Waals surface area contributed by atoms with E-state index in [1.54, 1.807) is 12.0 Å². The van der Waals surface area contributed by atoms with Crippen LogP contribution in [0.3, 0.4) is 0 Å². The number of piperidine rings is 1. The Morgan fingerprint density at radius 2 is 1.81 bits per heavy atom. The molecular weight excluding hydrogens is 338 g/mol. The lowest BCUT2D eigenvalue weighted by molar-refractivity contribution is -0.133. The number of amides is 4.